The smallest absolute Gasteiger partial charge is 0.0676 e. The van der Waals surface area contributed by atoms with E-state index in [4.69, 9.17) is 0 Å². The van der Waals surface area contributed by atoms with Gasteiger partial charge in [0, 0.05) is 21.5 Å². The van der Waals surface area contributed by atoms with E-state index in [1.807, 2.05) is 0 Å². The topological polar surface area (TPSA) is 12.0 Å². The lowest BCUT2D eigenvalue weighted by atomic mass is 10.0. The van der Waals surface area contributed by atoms with Gasteiger partial charge in [-0.25, -0.2) is 0 Å². The first-order valence-electron chi connectivity index (χ1n) is 9.07. The Hall–Kier alpha value is -2.50. The first-order valence-corrected chi connectivity index (χ1v) is 10.4. The van der Waals surface area contributed by atoms with Crippen molar-refractivity contribution in [1.82, 2.24) is 0 Å². The van der Waals surface area contributed by atoms with Gasteiger partial charge in [0.25, 0.3) is 0 Å². The van der Waals surface area contributed by atoms with Gasteiger partial charge in [-0.2, -0.15) is 0 Å². The molecule has 0 aliphatic rings. The van der Waals surface area contributed by atoms with Crippen molar-refractivity contribution in [3.8, 4) is 16.4 Å². The predicted molar refractivity (Wildman–Crippen MR) is 117 cm³/mol. The van der Waals surface area contributed by atoms with E-state index in [0.29, 0.717) is 0 Å². The van der Waals surface area contributed by atoms with Crippen LogP contribution >= 0.6 is 7.53 Å². The van der Waals surface area contributed by atoms with Crippen LogP contribution in [0.3, 0.4) is 0 Å². The third-order valence-corrected chi connectivity index (χ3v) is 6.91. The molecule has 0 saturated heterocycles. The number of hydrogen-bond acceptors (Lipinski definition) is 1. The van der Waals surface area contributed by atoms with Crippen LogP contribution in [0.2, 0.25) is 0 Å². The van der Waals surface area contributed by atoms with Crippen molar-refractivity contribution in [2.24, 2.45) is 0 Å². The lowest BCUT2D eigenvalue weighted by Crippen LogP contribution is -2.25. The van der Waals surface area contributed by atoms with Gasteiger partial charge in [0.05, 0.1) is 5.42 Å². The van der Waals surface area contributed by atoms with Crippen LogP contribution in [-0.4, -0.2) is 5.54 Å². The molecule has 2 heteroatoms. The Kier molecular flexibility index (Phi) is 4.34. The van der Waals surface area contributed by atoms with Gasteiger partial charge in [-0.15, -0.1) is 0 Å². The maximum atomic E-state index is 3.87. The quantitative estimate of drug-likeness (QED) is 0.396. The minimum Gasteiger partial charge on any atom is -0.376 e. The molecule has 1 nitrogen and oxygen atoms in total. The molecule has 4 aromatic rings. The molecule has 130 valence electrons. The molecule has 0 aliphatic heterocycles. The summed E-state index contributed by atoms with van der Waals surface area (Å²) >= 11 is 0. The third-order valence-electron chi connectivity index (χ3n) is 4.44. The second-order valence-electron chi connectivity index (χ2n) is 7.65. The van der Waals surface area contributed by atoms with Crippen LogP contribution in [0.4, 0.5) is 5.42 Å². The highest BCUT2D eigenvalue weighted by Crippen LogP contribution is 2.60. The lowest BCUT2D eigenvalue weighted by Gasteiger charge is -2.24. The first kappa shape index (κ1) is 16.9. The number of hydrogen-bond donors (Lipinski definition) is 1. The van der Waals surface area contributed by atoms with Crippen molar-refractivity contribution in [2.45, 2.75) is 26.3 Å². The molecule has 0 radical (unpaired) electrons. The second-order valence-corrected chi connectivity index (χ2v) is 9.77. The summed E-state index contributed by atoms with van der Waals surface area (Å²) in [5, 5.41) is 8.07. The van der Waals surface area contributed by atoms with E-state index < -0.39 is 7.53 Å². The summed E-state index contributed by atoms with van der Waals surface area (Å²) in [6, 6.07) is 30.6. The van der Waals surface area contributed by atoms with Gasteiger partial charge in [-0.05, 0) is 37.8 Å². The van der Waals surface area contributed by atoms with Gasteiger partial charge >= 0.3 is 0 Å². The number of fused-ring (bicyclic) bond motifs is 1. The van der Waals surface area contributed by atoms with Gasteiger partial charge in [-0.3, -0.25) is 0 Å². The molecular formula is C24H24NP. The average molecular weight is 357 g/mol. The fourth-order valence-corrected chi connectivity index (χ4v) is 6.29. The van der Waals surface area contributed by atoms with Crippen LogP contribution in [0.1, 0.15) is 20.8 Å². The Morgan fingerprint density at radius 2 is 1.27 bits per heavy atom. The van der Waals surface area contributed by atoms with E-state index >= 15 is 0 Å². The molecule has 1 N–H and O–H groups in total. The largest absolute Gasteiger partial charge is 0.376 e. The van der Waals surface area contributed by atoms with Crippen molar-refractivity contribution in [3.05, 3.63) is 84.9 Å². The maximum Gasteiger partial charge on any atom is 0.0676 e. The normalized spacial score (nSPS) is 12.3. The number of benzene rings is 3. The molecular weight excluding hydrogens is 333 g/mol. The molecule has 1 aromatic heterocycles. The van der Waals surface area contributed by atoms with Gasteiger partial charge in [0.1, 0.15) is 0 Å². The van der Waals surface area contributed by atoms with Crippen LogP contribution in [0.5, 0.6) is 0 Å². The summed E-state index contributed by atoms with van der Waals surface area (Å²) in [4.78, 5) is 0. The molecule has 0 amide bonds. The second kappa shape index (κ2) is 6.67. The predicted octanol–water partition coefficient (Wildman–Crippen LogP) is 7.69. The summed E-state index contributed by atoms with van der Waals surface area (Å²) in [5.41, 5.74) is 4.01. The molecule has 1 unspecified atom stereocenters. The average Bonchev–Trinajstić information content (AvgIpc) is 2.95. The van der Waals surface area contributed by atoms with Gasteiger partial charge in [0.2, 0.25) is 0 Å². The highest BCUT2D eigenvalue weighted by Gasteiger charge is 2.23. The highest BCUT2D eigenvalue weighted by atomic mass is 31.1. The van der Waals surface area contributed by atoms with Crippen LogP contribution in [0, 0.1) is 0 Å². The number of anilines is 1. The number of rotatable bonds is 3. The zero-order valence-electron chi connectivity index (χ0n) is 15.5. The lowest BCUT2D eigenvalue weighted by molar-refractivity contribution is 0.636. The van der Waals surface area contributed by atoms with Crippen LogP contribution < -0.4 is 5.32 Å². The summed E-state index contributed by atoms with van der Waals surface area (Å²) in [7, 11) is -0.578. The van der Waals surface area contributed by atoms with Crippen molar-refractivity contribution in [3.63, 3.8) is 0 Å². The Morgan fingerprint density at radius 1 is 0.692 bits per heavy atom. The molecule has 0 saturated carbocycles. The summed E-state index contributed by atoms with van der Waals surface area (Å²) in [6.07, 6.45) is 0. The fraction of sp³-hybridized carbons (Fsp3) is 0.167. The fourth-order valence-electron chi connectivity index (χ4n) is 3.46. The molecule has 0 fully saturated rings. The minimum atomic E-state index is -0.578. The summed E-state index contributed by atoms with van der Waals surface area (Å²) < 4.78 is 0. The Balaban J connectivity index is 2.11. The molecule has 1 heterocycles. The van der Waals surface area contributed by atoms with E-state index in [2.05, 4.69) is 111 Å². The van der Waals surface area contributed by atoms with E-state index in [0.717, 1.165) is 0 Å². The molecule has 0 spiro atoms. The number of nitrogens with one attached hydrogen (secondary N) is 1. The minimum absolute atomic E-state index is 0.00672. The van der Waals surface area contributed by atoms with Crippen LogP contribution in [0.15, 0.2) is 84.9 Å². The van der Waals surface area contributed by atoms with Gasteiger partial charge in [-0.1, -0.05) is 86.4 Å². The molecule has 4 rings (SSSR count). The molecule has 0 bridgehead atoms. The van der Waals surface area contributed by atoms with Gasteiger partial charge in [0.15, 0.2) is 0 Å². The zero-order chi connectivity index (χ0) is 18.1. The summed E-state index contributed by atoms with van der Waals surface area (Å²) in [6.45, 7) is 6.72. The Morgan fingerprint density at radius 3 is 1.92 bits per heavy atom. The van der Waals surface area contributed by atoms with Crippen molar-refractivity contribution in [1.29, 1.82) is 0 Å². The molecule has 3 aromatic carbocycles. The molecule has 0 aliphatic carbocycles. The Labute approximate surface area is 156 Å². The van der Waals surface area contributed by atoms with Crippen molar-refractivity contribution >= 4 is 23.5 Å². The van der Waals surface area contributed by atoms with Gasteiger partial charge < -0.3 is 5.32 Å². The standard InChI is InChI=1S/C24H24NP/c1-24(2,3)25-23-22(18-12-6-4-7-13-18)20-16-10-11-17-21(20)26(23)19-14-8-5-9-15-19/h4-17,25H,1-3H3. The van der Waals surface area contributed by atoms with E-state index in [1.165, 1.54) is 32.4 Å². The SMILES string of the molecule is CC(C)(C)Nc1c(-c2ccccc2)c2ccccc2p1-c1ccccc1. The monoisotopic (exact) mass is 357 g/mol. The zero-order valence-corrected chi connectivity index (χ0v) is 16.4. The van der Waals surface area contributed by atoms with Crippen LogP contribution in [0.25, 0.3) is 26.9 Å². The molecule has 1 atom stereocenters. The highest BCUT2D eigenvalue weighted by molar-refractivity contribution is 7.66. The molecule has 26 heavy (non-hydrogen) atoms. The first-order chi connectivity index (χ1) is 12.5. The summed E-state index contributed by atoms with van der Waals surface area (Å²) in [5.74, 6) is 0. The van der Waals surface area contributed by atoms with E-state index in [1.54, 1.807) is 0 Å². The van der Waals surface area contributed by atoms with E-state index in [-0.39, 0.29) is 5.54 Å². The van der Waals surface area contributed by atoms with Crippen molar-refractivity contribution in [2.75, 3.05) is 5.32 Å². The third kappa shape index (κ3) is 3.16. The van der Waals surface area contributed by atoms with E-state index in [9.17, 15) is 0 Å². The maximum absolute atomic E-state index is 3.87. The van der Waals surface area contributed by atoms with Crippen molar-refractivity contribution < 1.29 is 0 Å². The Bertz CT molecular complexity index is 948. The van der Waals surface area contributed by atoms with Crippen LogP contribution in [-0.2, 0) is 0 Å².